The number of nitrogens with zero attached hydrogens (tertiary/aromatic N) is 4. The Morgan fingerprint density at radius 2 is 1.90 bits per heavy atom. The van der Waals surface area contributed by atoms with Gasteiger partial charge in [-0.2, -0.15) is 4.98 Å². The summed E-state index contributed by atoms with van der Waals surface area (Å²) in [4.78, 5) is 32.5. The Bertz CT molecular complexity index is 1380. The summed E-state index contributed by atoms with van der Waals surface area (Å²) in [7, 11) is 0. The predicted octanol–water partition coefficient (Wildman–Crippen LogP) is 3.52. The van der Waals surface area contributed by atoms with Crippen LogP contribution in [0.1, 0.15) is 30.1 Å². The number of benzene rings is 2. The number of hydrogen-bond donors (Lipinski definition) is 0. The van der Waals surface area contributed by atoms with Crippen LogP contribution in [-0.2, 0) is 17.8 Å². The summed E-state index contributed by atoms with van der Waals surface area (Å²) in [5.41, 5.74) is 3.11. The Balaban J connectivity index is 1.40. The summed E-state index contributed by atoms with van der Waals surface area (Å²) in [6.45, 7) is 0.611. The van der Waals surface area contributed by atoms with Crippen molar-refractivity contribution >= 4 is 22.5 Å². The number of hydrogen-bond acceptors (Lipinski definition) is 5. The molecule has 2 aromatic heterocycles. The van der Waals surface area contributed by atoms with Crippen molar-refractivity contribution < 1.29 is 9.32 Å². The molecule has 0 spiro atoms. The molecule has 1 fully saturated rings. The summed E-state index contributed by atoms with van der Waals surface area (Å²) >= 11 is 0. The molecule has 1 aliphatic carbocycles. The maximum absolute atomic E-state index is 13.1. The molecule has 31 heavy (non-hydrogen) atoms. The summed E-state index contributed by atoms with van der Waals surface area (Å²) in [6, 6.07) is 16.9. The van der Waals surface area contributed by atoms with Gasteiger partial charge in [-0.3, -0.25) is 14.2 Å². The lowest BCUT2D eigenvalue weighted by Gasteiger charge is -2.19. The molecular weight excluding hydrogens is 392 g/mol. The van der Waals surface area contributed by atoms with Crippen molar-refractivity contribution in [3.05, 3.63) is 76.3 Å². The van der Waals surface area contributed by atoms with Gasteiger partial charge in [0.1, 0.15) is 6.54 Å². The third kappa shape index (κ3) is 3.04. The van der Waals surface area contributed by atoms with Crippen LogP contribution in [0.3, 0.4) is 0 Å². The highest BCUT2D eigenvalue weighted by molar-refractivity contribution is 5.97. The molecule has 7 heteroatoms. The van der Waals surface area contributed by atoms with Crippen LogP contribution in [0.4, 0.5) is 5.69 Å². The molecule has 0 saturated heterocycles. The monoisotopic (exact) mass is 412 g/mol. The first-order chi connectivity index (χ1) is 15.2. The van der Waals surface area contributed by atoms with E-state index in [9.17, 15) is 9.59 Å². The molecule has 0 N–H and O–H groups in total. The zero-order chi connectivity index (χ0) is 20.9. The summed E-state index contributed by atoms with van der Waals surface area (Å²) < 4.78 is 7.00. The van der Waals surface area contributed by atoms with E-state index in [1.165, 1.54) is 10.6 Å². The molecular formula is C24H20N4O3. The van der Waals surface area contributed by atoms with Crippen molar-refractivity contribution in [3.8, 4) is 11.5 Å². The van der Waals surface area contributed by atoms with Crippen molar-refractivity contribution in [2.24, 2.45) is 0 Å². The number of aromatic nitrogens is 3. The molecule has 2 aliphatic rings. The van der Waals surface area contributed by atoms with E-state index in [0.717, 1.165) is 35.9 Å². The van der Waals surface area contributed by atoms with Gasteiger partial charge >= 0.3 is 0 Å². The summed E-state index contributed by atoms with van der Waals surface area (Å²) in [5, 5.41) is 4.89. The SMILES string of the molecule is O=C(Cn1c(=O)cc(-c2nc(C3CC3)no2)c2ccccc21)N1CCc2ccccc21. The highest BCUT2D eigenvalue weighted by atomic mass is 16.5. The summed E-state index contributed by atoms with van der Waals surface area (Å²) in [6.07, 6.45) is 2.98. The third-order valence-corrected chi connectivity index (χ3v) is 6.12. The highest BCUT2D eigenvalue weighted by Gasteiger charge is 2.30. The Labute approximate surface area is 177 Å². The van der Waals surface area contributed by atoms with E-state index >= 15 is 0 Å². The molecule has 0 atom stereocenters. The first kappa shape index (κ1) is 18.1. The molecule has 1 saturated carbocycles. The van der Waals surface area contributed by atoms with Crippen LogP contribution in [0, 0.1) is 0 Å². The number of para-hydroxylation sites is 2. The minimum absolute atomic E-state index is 0.0227. The largest absolute Gasteiger partial charge is 0.334 e. The van der Waals surface area contributed by atoms with Gasteiger partial charge in [-0.1, -0.05) is 41.6 Å². The van der Waals surface area contributed by atoms with Crippen LogP contribution in [0.5, 0.6) is 0 Å². The van der Waals surface area contributed by atoms with Gasteiger partial charge in [-0.15, -0.1) is 0 Å². The third-order valence-electron chi connectivity index (χ3n) is 6.12. The standard InChI is InChI=1S/C24H20N4O3/c29-21-13-18(24-25-23(26-31-24)16-9-10-16)17-6-2-4-8-20(17)28(21)14-22(30)27-12-11-15-5-1-3-7-19(15)27/h1-8,13,16H,9-12,14H2. The van der Waals surface area contributed by atoms with Gasteiger partial charge in [0.05, 0.1) is 11.1 Å². The number of fused-ring (bicyclic) bond motifs is 2. The van der Waals surface area contributed by atoms with Gasteiger partial charge in [0.25, 0.3) is 11.4 Å². The van der Waals surface area contributed by atoms with Crippen LogP contribution in [0.2, 0.25) is 0 Å². The first-order valence-corrected chi connectivity index (χ1v) is 10.5. The van der Waals surface area contributed by atoms with Gasteiger partial charge in [0.15, 0.2) is 5.82 Å². The molecule has 4 aromatic rings. The lowest BCUT2D eigenvalue weighted by atomic mass is 10.1. The Morgan fingerprint density at radius 3 is 2.77 bits per heavy atom. The molecule has 1 amide bonds. The second kappa shape index (κ2) is 6.91. The Kier molecular flexibility index (Phi) is 4.02. The van der Waals surface area contributed by atoms with Crippen LogP contribution in [0.25, 0.3) is 22.4 Å². The Hall–Kier alpha value is -3.74. The van der Waals surface area contributed by atoms with Crippen molar-refractivity contribution in [1.82, 2.24) is 14.7 Å². The summed E-state index contributed by atoms with van der Waals surface area (Å²) in [5.74, 6) is 1.32. The zero-order valence-electron chi connectivity index (χ0n) is 16.8. The van der Waals surface area contributed by atoms with Crippen LogP contribution in [0.15, 0.2) is 63.9 Å². The highest BCUT2D eigenvalue weighted by Crippen LogP contribution is 2.39. The topological polar surface area (TPSA) is 81.2 Å². The molecule has 1 aliphatic heterocycles. The van der Waals surface area contributed by atoms with Crippen molar-refractivity contribution in [2.75, 3.05) is 11.4 Å². The van der Waals surface area contributed by atoms with Crippen LogP contribution < -0.4 is 10.5 Å². The fraction of sp³-hybridized carbons (Fsp3) is 0.250. The van der Waals surface area contributed by atoms with E-state index in [0.29, 0.717) is 35.3 Å². The minimum atomic E-state index is -0.263. The number of carbonyl (C=O) groups excluding carboxylic acids is 1. The average Bonchev–Trinajstić information content (AvgIpc) is 3.36. The maximum atomic E-state index is 13.1. The molecule has 2 aromatic carbocycles. The lowest BCUT2D eigenvalue weighted by Crippen LogP contribution is -2.35. The average molecular weight is 412 g/mol. The Morgan fingerprint density at radius 1 is 1.10 bits per heavy atom. The van der Waals surface area contributed by atoms with E-state index in [1.54, 1.807) is 4.90 Å². The van der Waals surface area contributed by atoms with Crippen LogP contribution in [-0.4, -0.2) is 27.2 Å². The molecule has 0 bridgehead atoms. The predicted molar refractivity (Wildman–Crippen MR) is 116 cm³/mol. The second-order valence-electron chi connectivity index (χ2n) is 8.16. The van der Waals surface area contributed by atoms with Crippen molar-refractivity contribution in [2.45, 2.75) is 31.7 Å². The normalized spacial score (nSPS) is 15.4. The van der Waals surface area contributed by atoms with Gasteiger partial charge in [0.2, 0.25) is 5.91 Å². The van der Waals surface area contributed by atoms with E-state index < -0.39 is 0 Å². The molecule has 0 radical (unpaired) electrons. The lowest BCUT2D eigenvalue weighted by molar-refractivity contribution is -0.119. The molecule has 7 nitrogen and oxygen atoms in total. The maximum Gasteiger partial charge on any atom is 0.258 e. The van der Waals surface area contributed by atoms with Gasteiger partial charge < -0.3 is 9.42 Å². The first-order valence-electron chi connectivity index (χ1n) is 10.5. The zero-order valence-corrected chi connectivity index (χ0v) is 16.8. The fourth-order valence-electron chi connectivity index (χ4n) is 4.34. The number of rotatable bonds is 4. The molecule has 3 heterocycles. The van der Waals surface area contributed by atoms with Crippen molar-refractivity contribution in [1.29, 1.82) is 0 Å². The quantitative estimate of drug-likeness (QED) is 0.512. The molecule has 6 rings (SSSR count). The second-order valence-corrected chi connectivity index (χ2v) is 8.16. The fourth-order valence-corrected chi connectivity index (χ4v) is 4.34. The van der Waals surface area contributed by atoms with Gasteiger partial charge in [-0.25, -0.2) is 0 Å². The number of carbonyl (C=O) groups is 1. The van der Waals surface area contributed by atoms with E-state index in [-0.39, 0.29) is 18.0 Å². The number of amides is 1. The van der Waals surface area contributed by atoms with Gasteiger partial charge in [-0.05, 0) is 37.0 Å². The number of anilines is 1. The minimum Gasteiger partial charge on any atom is -0.334 e. The van der Waals surface area contributed by atoms with E-state index in [2.05, 4.69) is 10.1 Å². The van der Waals surface area contributed by atoms with Crippen molar-refractivity contribution in [3.63, 3.8) is 0 Å². The van der Waals surface area contributed by atoms with Gasteiger partial charge in [0, 0.05) is 29.6 Å². The van der Waals surface area contributed by atoms with E-state index in [1.807, 2.05) is 48.5 Å². The molecule has 0 unspecified atom stereocenters. The molecule has 154 valence electrons. The van der Waals surface area contributed by atoms with Crippen LogP contribution >= 0.6 is 0 Å². The van der Waals surface area contributed by atoms with E-state index in [4.69, 9.17) is 4.52 Å². The number of pyridine rings is 1. The smallest absolute Gasteiger partial charge is 0.258 e.